The molecule has 3 nitrogen and oxygen atoms in total. The summed E-state index contributed by atoms with van der Waals surface area (Å²) in [6.45, 7) is 0.575. The smallest absolute Gasteiger partial charge is 0.134 e. The van der Waals surface area contributed by atoms with Gasteiger partial charge in [0.1, 0.15) is 11.7 Å². The Balaban J connectivity index is 1.87. The highest BCUT2D eigenvalue weighted by Crippen LogP contribution is 2.24. The van der Waals surface area contributed by atoms with Crippen LogP contribution >= 0.6 is 11.6 Å². The number of hydrogen-bond acceptors (Lipinski definition) is 3. The molecular formula is C16H11ClN2O. The molecule has 2 aromatic carbocycles. The lowest BCUT2D eigenvalue weighted by molar-refractivity contribution is 0.611. The van der Waals surface area contributed by atoms with Gasteiger partial charge in [-0.05, 0) is 24.3 Å². The number of nitrogens with zero attached hydrogens (tertiary/aromatic N) is 1. The summed E-state index contributed by atoms with van der Waals surface area (Å²) in [6.07, 6.45) is 1.73. The zero-order valence-electron chi connectivity index (χ0n) is 10.6. The molecule has 0 amide bonds. The highest BCUT2D eigenvalue weighted by atomic mass is 35.5. The lowest BCUT2D eigenvalue weighted by atomic mass is 10.1. The van der Waals surface area contributed by atoms with Crippen LogP contribution < -0.4 is 5.32 Å². The van der Waals surface area contributed by atoms with E-state index >= 15 is 0 Å². The molecule has 3 rings (SSSR count). The minimum Gasteiger partial charge on any atom is -0.464 e. The van der Waals surface area contributed by atoms with E-state index in [0.717, 1.165) is 22.2 Å². The average molecular weight is 283 g/mol. The minimum atomic E-state index is 0.571. The number of para-hydroxylation sites is 1. The minimum absolute atomic E-state index is 0.571. The molecule has 3 aromatic rings. The lowest BCUT2D eigenvalue weighted by Crippen LogP contribution is -2.00. The first-order chi connectivity index (χ1) is 9.78. The Morgan fingerprint density at radius 1 is 1.20 bits per heavy atom. The first kappa shape index (κ1) is 12.6. The first-order valence-corrected chi connectivity index (χ1v) is 6.54. The van der Waals surface area contributed by atoms with E-state index in [9.17, 15) is 0 Å². The van der Waals surface area contributed by atoms with Crippen molar-refractivity contribution in [1.29, 1.82) is 5.26 Å². The average Bonchev–Trinajstić information content (AvgIpc) is 2.88. The van der Waals surface area contributed by atoms with Gasteiger partial charge in [0, 0.05) is 22.5 Å². The lowest BCUT2D eigenvalue weighted by Gasteiger charge is -2.07. The van der Waals surface area contributed by atoms with E-state index < -0.39 is 0 Å². The SMILES string of the molecule is N#Cc1ccc(Cl)cc1NCc1coc2ccccc12. The van der Waals surface area contributed by atoms with E-state index in [1.165, 1.54) is 0 Å². The zero-order chi connectivity index (χ0) is 13.9. The highest BCUT2D eigenvalue weighted by molar-refractivity contribution is 6.30. The van der Waals surface area contributed by atoms with Crippen LogP contribution in [-0.4, -0.2) is 0 Å². The third kappa shape index (κ3) is 2.34. The van der Waals surface area contributed by atoms with Gasteiger partial charge in [-0.25, -0.2) is 0 Å². The quantitative estimate of drug-likeness (QED) is 0.765. The highest BCUT2D eigenvalue weighted by Gasteiger charge is 2.07. The van der Waals surface area contributed by atoms with Crippen molar-refractivity contribution in [2.75, 3.05) is 5.32 Å². The van der Waals surface area contributed by atoms with Gasteiger partial charge < -0.3 is 9.73 Å². The predicted octanol–water partition coefficient (Wildman–Crippen LogP) is 4.57. The first-order valence-electron chi connectivity index (χ1n) is 6.16. The fourth-order valence-electron chi connectivity index (χ4n) is 2.12. The van der Waals surface area contributed by atoms with E-state index in [1.807, 2.05) is 24.3 Å². The van der Waals surface area contributed by atoms with Gasteiger partial charge in [0.05, 0.1) is 17.5 Å². The van der Waals surface area contributed by atoms with Crippen LogP contribution in [0.5, 0.6) is 0 Å². The Hall–Kier alpha value is -2.44. The van der Waals surface area contributed by atoms with Crippen molar-refractivity contribution >= 4 is 28.3 Å². The molecule has 0 spiro atoms. The van der Waals surface area contributed by atoms with E-state index in [1.54, 1.807) is 24.5 Å². The normalized spacial score (nSPS) is 10.4. The fourth-order valence-corrected chi connectivity index (χ4v) is 2.29. The van der Waals surface area contributed by atoms with Crippen molar-refractivity contribution in [3.8, 4) is 6.07 Å². The number of nitriles is 1. The van der Waals surface area contributed by atoms with Crippen molar-refractivity contribution in [3.05, 3.63) is 64.9 Å². The molecule has 1 N–H and O–H groups in total. The van der Waals surface area contributed by atoms with E-state index in [-0.39, 0.29) is 0 Å². The van der Waals surface area contributed by atoms with Crippen LogP contribution in [0.3, 0.4) is 0 Å². The second kappa shape index (κ2) is 5.28. The molecule has 0 aliphatic heterocycles. The third-order valence-corrected chi connectivity index (χ3v) is 3.37. The summed E-state index contributed by atoms with van der Waals surface area (Å²) in [5.74, 6) is 0. The molecule has 20 heavy (non-hydrogen) atoms. The van der Waals surface area contributed by atoms with Crippen LogP contribution in [0, 0.1) is 11.3 Å². The topological polar surface area (TPSA) is 49.0 Å². The van der Waals surface area contributed by atoms with Crippen molar-refractivity contribution in [1.82, 2.24) is 0 Å². The summed E-state index contributed by atoms with van der Waals surface area (Å²) in [5, 5.41) is 14.0. The second-order valence-corrected chi connectivity index (χ2v) is 4.85. The molecule has 1 heterocycles. The van der Waals surface area contributed by atoms with Gasteiger partial charge in [0.2, 0.25) is 0 Å². The van der Waals surface area contributed by atoms with Gasteiger partial charge >= 0.3 is 0 Å². The molecular weight excluding hydrogens is 272 g/mol. The maximum absolute atomic E-state index is 9.09. The number of hydrogen-bond donors (Lipinski definition) is 1. The van der Waals surface area contributed by atoms with Crippen molar-refractivity contribution in [3.63, 3.8) is 0 Å². The van der Waals surface area contributed by atoms with Crippen molar-refractivity contribution < 1.29 is 4.42 Å². The van der Waals surface area contributed by atoms with E-state index in [4.69, 9.17) is 21.3 Å². The molecule has 0 bridgehead atoms. The molecule has 4 heteroatoms. The monoisotopic (exact) mass is 282 g/mol. The van der Waals surface area contributed by atoms with Crippen LogP contribution in [0.2, 0.25) is 5.02 Å². The van der Waals surface area contributed by atoms with Gasteiger partial charge in [-0.1, -0.05) is 29.8 Å². The summed E-state index contributed by atoms with van der Waals surface area (Å²) in [7, 11) is 0. The molecule has 1 aromatic heterocycles. The standard InChI is InChI=1S/C16H11ClN2O/c17-13-6-5-11(8-18)15(7-13)19-9-12-10-20-16-4-2-1-3-14(12)16/h1-7,10,19H,9H2. The van der Waals surface area contributed by atoms with Crippen LogP contribution in [0.25, 0.3) is 11.0 Å². The van der Waals surface area contributed by atoms with Crippen LogP contribution in [-0.2, 0) is 6.54 Å². The zero-order valence-corrected chi connectivity index (χ0v) is 11.3. The molecule has 0 aliphatic carbocycles. The Morgan fingerprint density at radius 2 is 2.05 bits per heavy atom. The summed E-state index contributed by atoms with van der Waals surface area (Å²) < 4.78 is 5.49. The molecule has 0 fully saturated rings. The van der Waals surface area contributed by atoms with Gasteiger partial charge in [-0.15, -0.1) is 0 Å². The van der Waals surface area contributed by atoms with Crippen LogP contribution in [0.1, 0.15) is 11.1 Å². The second-order valence-electron chi connectivity index (χ2n) is 4.41. The van der Waals surface area contributed by atoms with E-state index in [0.29, 0.717) is 17.1 Å². The number of furan rings is 1. The van der Waals surface area contributed by atoms with Gasteiger partial charge in [-0.2, -0.15) is 5.26 Å². The molecule has 0 unspecified atom stereocenters. The Kier molecular flexibility index (Phi) is 3.32. The number of benzene rings is 2. The molecule has 0 saturated carbocycles. The van der Waals surface area contributed by atoms with Crippen LogP contribution in [0.15, 0.2) is 53.1 Å². The Bertz CT molecular complexity index is 802. The summed E-state index contributed by atoms with van der Waals surface area (Å²) >= 11 is 5.96. The van der Waals surface area contributed by atoms with Crippen molar-refractivity contribution in [2.24, 2.45) is 0 Å². The van der Waals surface area contributed by atoms with Gasteiger partial charge in [0.25, 0.3) is 0 Å². The third-order valence-electron chi connectivity index (χ3n) is 3.13. The Labute approximate surface area is 121 Å². The summed E-state index contributed by atoms with van der Waals surface area (Å²) in [5.41, 5.74) is 3.20. The molecule has 0 saturated heterocycles. The fraction of sp³-hybridized carbons (Fsp3) is 0.0625. The molecule has 0 radical (unpaired) electrons. The number of nitrogens with one attached hydrogen (secondary N) is 1. The largest absolute Gasteiger partial charge is 0.464 e. The van der Waals surface area contributed by atoms with Crippen LogP contribution in [0.4, 0.5) is 5.69 Å². The number of halogens is 1. The number of rotatable bonds is 3. The number of fused-ring (bicyclic) bond motifs is 1. The molecule has 0 aliphatic rings. The summed E-state index contributed by atoms with van der Waals surface area (Å²) in [4.78, 5) is 0. The predicted molar refractivity (Wildman–Crippen MR) is 79.7 cm³/mol. The maximum atomic E-state index is 9.09. The van der Waals surface area contributed by atoms with Crippen molar-refractivity contribution in [2.45, 2.75) is 6.54 Å². The maximum Gasteiger partial charge on any atom is 0.134 e. The van der Waals surface area contributed by atoms with Gasteiger partial charge in [-0.3, -0.25) is 0 Å². The molecule has 98 valence electrons. The van der Waals surface area contributed by atoms with E-state index in [2.05, 4.69) is 11.4 Å². The number of anilines is 1. The molecule has 0 atom stereocenters. The Morgan fingerprint density at radius 3 is 2.90 bits per heavy atom. The van der Waals surface area contributed by atoms with Gasteiger partial charge in [0.15, 0.2) is 0 Å². The summed E-state index contributed by atoms with van der Waals surface area (Å²) in [6, 6.07) is 15.2.